The van der Waals surface area contributed by atoms with Crippen molar-refractivity contribution in [3.63, 3.8) is 0 Å². The third-order valence-electron chi connectivity index (χ3n) is 4.57. The third kappa shape index (κ3) is 3.18. The number of aliphatic hydroxyl groups is 1. The van der Waals surface area contributed by atoms with Gasteiger partial charge in [-0.15, -0.1) is 0 Å². The number of hydrogen-bond donors (Lipinski definition) is 1. The average Bonchev–Trinajstić information content (AvgIpc) is 3.30. The van der Waals surface area contributed by atoms with Gasteiger partial charge in [0.15, 0.2) is 0 Å². The van der Waals surface area contributed by atoms with Crippen LogP contribution in [0.4, 0.5) is 0 Å². The number of furan rings is 1. The van der Waals surface area contributed by atoms with Crippen molar-refractivity contribution < 1.29 is 19.1 Å². The lowest BCUT2D eigenvalue weighted by molar-refractivity contribution is -0.140. The number of carbonyl (C=O) groups is 2. The van der Waals surface area contributed by atoms with E-state index in [9.17, 15) is 14.7 Å². The summed E-state index contributed by atoms with van der Waals surface area (Å²) in [5.41, 5.74) is 1.02. The molecule has 1 aliphatic rings. The van der Waals surface area contributed by atoms with Crippen molar-refractivity contribution in [2.24, 2.45) is 0 Å². The molecule has 0 spiro atoms. The summed E-state index contributed by atoms with van der Waals surface area (Å²) in [6.45, 7) is 0.0941. The fraction of sp³-hybridized carbons (Fsp3) is 0.0952. The van der Waals surface area contributed by atoms with E-state index in [-0.39, 0.29) is 17.9 Å². The van der Waals surface area contributed by atoms with E-state index >= 15 is 0 Å². The van der Waals surface area contributed by atoms with E-state index in [1.165, 1.54) is 11.2 Å². The van der Waals surface area contributed by atoms with Gasteiger partial charge in [0.25, 0.3) is 11.7 Å². The maximum absolute atomic E-state index is 12.8. The lowest BCUT2D eigenvalue weighted by Gasteiger charge is -2.24. The number of halogens is 1. The maximum atomic E-state index is 12.8. The first-order valence-corrected chi connectivity index (χ1v) is 8.90. The summed E-state index contributed by atoms with van der Waals surface area (Å²) in [6.07, 6.45) is 4.64. The summed E-state index contributed by atoms with van der Waals surface area (Å²) >= 11 is 6.02. The fourth-order valence-electron chi connectivity index (χ4n) is 3.30. The van der Waals surface area contributed by atoms with E-state index < -0.39 is 17.7 Å². The smallest absolute Gasteiger partial charge is 0.296 e. The van der Waals surface area contributed by atoms with Gasteiger partial charge in [0.05, 0.1) is 24.4 Å². The number of Topliss-reactive ketones (excluding diaryl/α,β-unsaturated/α-hetero) is 1. The van der Waals surface area contributed by atoms with Crippen LogP contribution in [-0.4, -0.2) is 26.7 Å². The number of aliphatic hydroxyl groups excluding tert-OH is 1. The Labute approximate surface area is 165 Å². The molecular weight excluding hydrogens is 380 g/mol. The molecule has 1 aliphatic heterocycles. The van der Waals surface area contributed by atoms with Crippen LogP contribution in [0.2, 0.25) is 5.02 Å². The molecule has 1 unspecified atom stereocenters. The predicted molar refractivity (Wildman–Crippen MR) is 102 cm³/mol. The van der Waals surface area contributed by atoms with Crippen LogP contribution >= 0.6 is 11.6 Å². The van der Waals surface area contributed by atoms with Gasteiger partial charge >= 0.3 is 0 Å². The molecule has 140 valence electrons. The van der Waals surface area contributed by atoms with Crippen molar-refractivity contribution in [1.82, 2.24) is 9.88 Å². The van der Waals surface area contributed by atoms with Gasteiger partial charge in [-0.3, -0.25) is 14.6 Å². The summed E-state index contributed by atoms with van der Waals surface area (Å²) in [5.74, 6) is -1.21. The van der Waals surface area contributed by atoms with Crippen LogP contribution in [0.25, 0.3) is 5.76 Å². The van der Waals surface area contributed by atoms with Gasteiger partial charge in [0.2, 0.25) is 0 Å². The summed E-state index contributed by atoms with van der Waals surface area (Å²) < 4.78 is 5.35. The minimum Gasteiger partial charge on any atom is -0.507 e. The Balaban J connectivity index is 1.87. The SMILES string of the molecule is O=C1C(=O)N(Cc2ccco2)C(c2ccncc2)/C1=C(/O)c1cccc(Cl)c1. The molecule has 7 heteroatoms. The third-order valence-corrected chi connectivity index (χ3v) is 4.80. The highest BCUT2D eigenvalue weighted by Crippen LogP contribution is 2.40. The average molecular weight is 395 g/mol. The van der Waals surface area contributed by atoms with Gasteiger partial charge < -0.3 is 14.4 Å². The van der Waals surface area contributed by atoms with Gasteiger partial charge in [0, 0.05) is 23.0 Å². The Morgan fingerprint density at radius 2 is 1.93 bits per heavy atom. The summed E-state index contributed by atoms with van der Waals surface area (Å²) in [4.78, 5) is 31.0. The highest BCUT2D eigenvalue weighted by atomic mass is 35.5. The van der Waals surface area contributed by atoms with E-state index in [1.54, 1.807) is 60.9 Å². The lowest BCUT2D eigenvalue weighted by Crippen LogP contribution is -2.29. The molecule has 1 atom stereocenters. The number of hydrogen-bond acceptors (Lipinski definition) is 5. The zero-order valence-corrected chi connectivity index (χ0v) is 15.3. The second kappa shape index (κ2) is 7.32. The number of nitrogens with zero attached hydrogens (tertiary/aromatic N) is 2. The van der Waals surface area contributed by atoms with Gasteiger partial charge in [0.1, 0.15) is 11.5 Å². The number of pyridine rings is 1. The normalized spacial score (nSPS) is 18.6. The number of rotatable bonds is 4. The molecule has 0 aliphatic carbocycles. The van der Waals surface area contributed by atoms with Crippen LogP contribution in [0, 0.1) is 0 Å². The molecule has 1 fully saturated rings. The minimum atomic E-state index is -0.771. The number of carbonyl (C=O) groups excluding carboxylic acids is 2. The molecule has 4 rings (SSSR count). The Hall–Kier alpha value is -3.38. The van der Waals surface area contributed by atoms with Crippen molar-refractivity contribution in [2.45, 2.75) is 12.6 Å². The summed E-state index contributed by atoms with van der Waals surface area (Å²) in [7, 11) is 0. The zero-order valence-electron chi connectivity index (χ0n) is 14.6. The Morgan fingerprint density at radius 1 is 1.14 bits per heavy atom. The number of amides is 1. The molecular formula is C21H15ClN2O4. The van der Waals surface area contributed by atoms with Gasteiger partial charge in [-0.1, -0.05) is 23.7 Å². The van der Waals surface area contributed by atoms with E-state index in [1.807, 2.05) is 0 Å². The van der Waals surface area contributed by atoms with Crippen molar-refractivity contribution in [1.29, 1.82) is 0 Å². The first-order chi connectivity index (χ1) is 13.6. The predicted octanol–water partition coefficient (Wildman–Crippen LogP) is 3.95. The van der Waals surface area contributed by atoms with Gasteiger partial charge in [-0.2, -0.15) is 0 Å². The minimum absolute atomic E-state index is 0.00465. The second-order valence-electron chi connectivity index (χ2n) is 6.30. The molecule has 28 heavy (non-hydrogen) atoms. The van der Waals surface area contributed by atoms with Crippen LogP contribution < -0.4 is 0 Å². The lowest BCUT2D eigenvalue weighted by atomic mass is 9.96. The van der Waals surface area contributed by atoms with E-state index in [2.05, 4.69) is 4.98 Å². The Kier molecular flexibility index (Phi) is 4.71. The van der Waals surface area contributed by atoms with Crippen LogP contribution in [0.15, 0.2) is 77.2 Å². The van der Waals surface area contributed by atoms with Crippen LogP contribution in [-0.2, 0) is 16.1 Å². The van der Waals surface area contributed by atoms with Crippen molar-refractivity contribution in [3.8, 4) is 0 Å². The molecule has 3 aromatic rings. The number of aromatic nitrogens is 1. The first kappa shape index (κ1) is 18.0. The zero-order chi connectivity index (χ0) is 19.7. The van der Waals surface area contributed by atoms with Crippen LogP contribution in [0.5, 0.6) is 0 Å². The Morgan fingerprint density at radius 3 is 2.61 bits per heavy atom. The summed E-state index contributed by atoms with van der Waals surface area (Å²) in [5, 5.41) is 11.3. The number of ketones is 1. The van der Waals surface area contributed by atoms with Crippen LogP contribution in [0.1, 0.15) is 22.9 Å². The van der Waals surface area contributed by atoms with Crippen LogP contribution in [0.3, 0.4) is 0 Å². The molecule has 6 nitrogen and oxygen atoms in total. The largest absolute Gasteiger partial charge is 0.507 e. The Bertz CT molecular complexity index is 1060. The molecule has 2 aromatic heterocycles. The molecule has 0 bridgehead atoms. The van der Waals surface area contributed by atoms with Crippen molar-refractivity contribution in [2.75, 3.05) is 0 Å². The van der Waals surface area contributed by atoms with Gasteiger partial charge in [-0.05, 0) is 42.0 Å². The van der Waals surface area contributed by atoms with Gasteiger partial charge in [-0.25, -0.2) is 0 Å². The molecule has 0 saturated carbocycles. The topological polar surface area (TPSA) is 83.6 Å². The molecule has 0 radical (unpaired) electrons. The maximum Gasteiger partial charge on any atom is 0.296 e. The molecule has 1 amide bonds. The first-order valence-electron chi connectivity index (χ1n) is 8.53. The monoisotopic (exact) mass is 394 g/mol. The highest BCUT2D eigenvalue weighted by Gasteiger charge is 2.46. The number of benzene rings is 1. The van der Waals surface area contributed by atoms with E-state index in [4.69, 9.17) is 16.0 Å². The van der Waals surface area contributed by atoms with Crippen molar-refractivity contribution in [3.05, 3.63) is 94.7 Å². The molecule has 3 heterocycles. The molecule has 1 N–H and O–H groups in total. The fourth-order valence-corrected chi connectivity index (χ4v) is 3.49. The molecule has 1 aromatic carbocycles. The standard InChI is InChI=1S/C21H15ClN2O4/c22-15-4-1-3-14(11-15)19(25)17-18(13-6-8-23-9-7-13)24(21(27)20(17)26)12-16-5-2-10-28-16/h1-11,18,25H,12H2/b19-17-. The second-order valence-corrected chi connectivity index (χ2v) is 6.73. The van der Waals surface area contributed by atoms with E-state index in [0.717, 1.165) is 0 Å². The summed E-state index contributed by atoms with van der Waals surface area (Å²) in [6, 6.07) is 12.6. The highest BCUT2D eigenvalue weighted by molar-refractivity contribution is 6.46. The number of likely N-dealkylation sites (tertiary alicyclic amines) is 1. The quantitative estimate of drug-likeness (QED) is 0.411. The van der Waals surface area contributed by atoms with E-state index in [0.29, 0.717) is 21.9 Å². The van der Waals surface area contributed by atoms with Crippen molar-refractivity contribution >= 4 is 29.1 Å². The molecule has 1 saturated heterocycles.